The van der Waals surface area contributed by atoms with Crippen LogP contribution < -0.4 is 5.73 Å². The molecule has 1 unspecified atom stereocenters. The number of fused-ring (bicyclic) bond motifs is 3. The van der Waals surface area contributed by atoms with Crippen molar-refractivity contribution in [3.8, 4) is 5.75 Å². The molecule has 9 heteroatoms. The second kappa shape index (κ2) is 6.08. The number of aromatic hydroxyl groups is 1. The summed E-state index contributed by atoms with van der Waals surface area (Å²) < 4.78 is 0. The lowest BCUT2D eigenvalue weighted by Gasteiger charge is -2.43. The van der Waals surface area contributed by atoms with Crippen molar-refractivity contribution in [2.24, 2.45) is 23.5 Å². The number of aliphatic hydroxyl groups excluding tert-OH is 3. The summed E-state index contributed by atoms with van der Waals surface area (Å²) in [6, 6.07) is 2.59. The van der Waals surface area contributed by atoms with Gasteiger partial charge < -0.3 is 26.2 Å². The van der Waals surface area contributed by atoms with Gasteiger partial charge in [-0.3, -0.25) is 14.4 Å². The maximum atomic E-state index is 13.1. The third-order valence-corrected chi connectivity index (χ3v) is 6.14. The number of allylic oxidation sites excluding steroid dienone is 1. The number of ketones is 2. The number of carbonyl (C=O) groups is 3. The molecule has 0 spiro atoms. The average Bonchev–Trinajstić information content (AvgIpc) is 2.60. The number of amides is 1. The number of Topliss-reactive ketones (excluding diaryl/α,β-unsaturated/α-hetero) is 2. The lowest BCUT2D eigenvalue weighted by atomic mass is 9.61. The summed E-state index contributed by atoms with van der Waals surface area (Å²) in [6.07, 6.45) is -1.41. The number of halogens is 1. The van der Waals surface area contributed by atoms with E-state index in [1.807, 2.05) is 0 Å². The first kappa shape index (κ1) is 18.5. The third kappa shape index (κ3) is 2.31. The van der Waals surface area contributed by atoms with E-state index in [1.54, 1.807) is 0 Å². The topological polar surface area (TPSA) is 158 Å². The zero-order chi connectivity index (χ0) is 20.5. The molecule has 4 atom stereocenters. The van der Waals surface area contributed by atoms with E-state index in [-0.39, 0.29) is 40.3 Å². The fraction of sp³-hybridized carbons (Fsp3) is 0.316. The molecule has 6 N–H and O–H groups in total. The quantitative estimate of drug-likeness (QED) is 0.442. The van der Waals surface area contributed by atoms with Crippen LogP contribution in [-0.4, -0.2) is 37.9 Å². The van der Waals surface area contributed by atoms with Gasteiger partial charge in [-0.25, -0.2) is 0 Å². The highest BCUT2D eigenvalue weighted by atomic mass is 35.5. The summed E-state index contributed by atoms with van der Waals surface area (Å²) in [4.78, 5) is 36.9. The summed E-state index contributed by atoms with van der Waals surface area (Å²) >= 11 is 6.14. The van der Waals surface area contributed by atoms with Crippen molar-refractivity contribution in [3.63, 3.8) is 0 Å². The molecular weight excluding hydrogens is 390 g/mol. The minimum absolute atomic E-state index is 0.0875. The van der Waals surface area contributed by atoms with E-state index in [4.69, 9.17) is 17.3 Å². The van der Waals surface area contributed by atoms with Crippen molar-refractivity contribution in [2.45, 2.75) is 18.9 Å². The lowest BCUT2D eigenvalue weighted by Crippen LogP contribution is -2.45. The van der Waals surface area contributed by atoms with Gasteiger partial charge in [-0.15, -0.1) is 0 Å². The molecule has 28 heavy (non-hydrogen) atoms. The molecule has 0 aromatic heterocycles. The van der Waals surface area contributed by atoms with E-state index >= 15 is 0 Å². The van der Waals surface area contributed by atoms with Crippen LogP contribution in [0.1, 0.15) is 30.1 Å². The molecule has 1 aromatic carbocycles. The van der Waals surface area contributed by atoms with Crippen molar-refractivity contribution in [3.05, 3.63) is 45.2 Å². The van der Waals surface area contributed by atoms with Gasteiger partial charge in [0.2, 0.25) is 0 Å². The Morgan fingerprint density at radius 3 is 2.50 bits per heavy atom. The van der Waals surface area contributed by atoms with Crippen LogP contribution in [0.4, 0.5) is 0 Å². The summed E-state index contributed by atoms with van der Waals surface area (Å²) in [6.45, 7) is 0. The van der Waals surface area contributed by atoms with Crippen LogP contribution in [0, 0.1) is 17.8 Å². The maximum Gasteiger partial charge on any atom is 0.255 e. The maximum absolute atomic E-state index is 13.1. The van der Waals surface area contributed by atoms with Gasteiger partial charge in [0.15, 0.2) is 11.6 Å². The predicted molar refractivity (Wildman–Crippen MR) is 96.2 cm³/mol. The number of nitrogens with two attached hydrogens (primary N) is 1. The monoisotopic (exact) mass is 405 g/mol. The molecule has 0 heterocycles. The molecule has 1 aromatic rings. The van der Waals surface area contributed by atoms with E-state index in [2.05, 4.69) is 0 Å². The van der Waals surface area contributed by atoms with Crippen molar-refractivity contribution >= 4 is 34.8 Å². The van der Waals surface area contributed by atoms with Crippen LogP contribution in [0.25, 0.3) is 5.76 Å². The zero-order valence-electron chi connectivity index (χ0n) is 14.3. The number of rotatable bonds is 1. The van der Waals surface area contributed by atoms with Crippen LogP contribution in [0.5, 0.6) is 5.75 Å². The standard InChI is InChI=1S/C19H16ClNO7/c20-7-1-2-8(22)13-12(7)15(24)6-3-5-4-9(23)14(19(21)28)17(26)10(5)16(25)11(6)18(13)27/h1-2,5-6,10,15,22,24,26-27H,3-4H2,(H2,21,28)/t5-,6-,10?,15-/m0/s1. The van der Waals surface area contributed by atoms with Gasteiger partial charge in [-0.2, -0.15) is 0 Å². The van der Waals surface area contributed by atoms with Gasteiger partial charge in [0, 0.05) is 28.5 Å². The molecule has 0 aliphatic heterocycles. The summed E-state index contributed by atoms with van der Waals surface area (Å²) in [5, 5.41) is 42.2. The zero-order valence-corrected chi connectivity index (χ0v) is 15.1. The van der Waals surface area contributed by atoms with E-state index < -0.39 is 58.4 Å². The van der Waals surface area contributed by atoms with Crippen LogP contribution in [-0.2, 0) is 14.4 Å². The number of phenolic OH excluding ortho intramolecular Hbond substituents is 1. The molecule has 1 amide bonds. The number of carbonyl (C=O) groups excluding carboxylic acids is 3. The Bertz CT molecular complexity index is 1030. The minimum Gasteiger partial charge on any atom is -0.511 e. The second-order valence-electron chi connectivity index (χ2n) is 7.26. The smallest absolute Gasteiger partial charge is 0.255 e. The minimum atomic E-state index is -1.30. The van der Waals surface area contributed by atoms with Crippen molar-refractivity contribution in [2.75, 3.05) is 0 Å². The first-order valence-corrected chi connectivity index (χ1v) is 8.96. The molecule has 146 valence electrons. The van der Waals surface area contributed by atoms with E-state index in [1.165, 1.54) is 12.1 Å². The van der Waals surface area contributed by atoms with Crippen molar-refractivity contribution < 1.29 is 34.8 Å². The highest BCUT2D eigenvalue weighted by Gasteiger charge is 2.53. The molecule has 1 saturated carbocycles. The highest BCUT2D eigenvalue weighted by molar-refractivity contribution is 6.32. The number of primary amides is 1. The van der Waals surface area contributed by atoms with Crippen LogP contribution >= 0.6 is 11.6 Å². The molecule has 8 nitrogen and oxygen atoms in total. The fourth-order valence-corrected chi connectivity index (χ4v) is 4.90. The number of phenols is 1. The molecule has 0 bridgehead atoms. The second-order valence-corrected chi connectivity index (χ2v) is 7.67. The van der Waals surface area contributed by atoms with Gasteiger partial charge in [-0.05, 0) is 24.5 Å². The molecule has 3 aliphatic rings. The predicted octanol–water partition coefficient (Wildman–Crippen LogP) is 1.45. The Morgan fingerprint density at radius 2 is 1.86 bits per heavy atom. The van der Waals surface area contributed by atoms with E-state index in [9.17, 15) is 34.8 Å². The van der Waals surface area contributed by atoms with Gasteiger partial charge in [0.25, 0.3) is 5.91 Å². The van der Waals surface area contributed by atoms with Crippen LogP contribution in [0.2, 0.25) is 5.02 Å². The summed E-state index contributed by atoms with van der Waals surface area (Å²) in [7, 11) is 0. The first-order valence-electron chi connectivity index (χ1n) is 8.58. The average molecular weight is 406 g/mol. The van der Waals surface area contributed by atoms with Crippen molar-refractivity contribution in [1.29, 1.82) is 0 Å². The molecule has 0 saturated heterocycles. The van der Waals surface area contributed by atoms with Gasteiger partial charge in [0.1, 0.15) is 22.8 Å². The van der Waals surface area contributed by atoms with Crippen molar-refractivity contribution in [1.82, 2.24) is 0 Å². The normalized spacial score (nSPS) is 29.4. The number of hydrogen-bond donors (Lipinski definition) is 5. The Labute approximate surface area is 163 Å². The number of benzene rings is 1. The van der Waals surface area contributed by atoms with E-state index in [0.717, 1.165) is 0 Å². The van der Waals surface area contributed by atoms with Gasteiger partial charge in [-0.1, -0.05) is 11.6 Å². The third-order valence-electron chi connectivity index (χ3n) is 5.81. The van der Waals surface area contributed by atoms with E-state index in [0.29, 0.717) is 0 Å². The molecular formula is C19H16ClNO7. The Balaban J connectivity index is 1.93. The molecule has 0 radical (unpaired) electrons. The van der Waals surface area contributed by atoms with Gasteiger partial charge in [0.05, 0.1) is 17.6 Å². The fourth-order valence-electron chi connectivity index (χ4n) is 4.63. The molecule has 4 rings (SSSR count). The largest absolute Gasteiger partial charge is 0.511 e. The Kier molecular flexibility index (Phi) is 4.02. The van der Waals surface area contributed by atoms with Gasteiger partial charge >= 0.3 is 0 Å². The van der Waals surface area contributed by atoms with Crippen LogP contribution in [0.15, 0.2) is 29.0 Å². The first-order chi connectivity index (χ1) is 13.1. The summed E-state index contributed by atoms with van der Waals surface area (Å²) in [5.74, 6) is -6.94. The van der Waals surface area contributed by atoms with Crippen LogP contribution in [0.3, 0.4) is 0 Å². The Hall–Kier alpha value is -2.84. The SMILES string of the molecule is NC(=O)C1=C(O)C2C(=O)C3=C(O)c4c(O)ccc(Cl)c4[C@@H](O)[C@H]3C[C@H]2CC1=O. The highest BCUT2D eigenvalue weighted by Crippen LogP contribution is 2.54. The number of aliphatic hydroxyl groups is 3. The summed E-state index contributed by atoms with van der Waals surface area (Å²) in [5.41, 5.74) is 4.31. The number of hydrogen-bond acceptors (Lipinski definition) is 7. The lowest BCUT2D eigenvalue weighted by molar-refractivity contribution is -0.128. The molecule has 3 aliphatic carbocycles. The Morgan fingerprint density at radius 1 is 1.18 bits per heavy atom. The molecule has 1 fully saturated rings.